The molecule has 1 saturated heterocycles. The quantitative estimate of drug-likeness (QED) is 0.556. The normalized spacial score (nSPS) is 19.2. The van der Waals surface area contributed by atoms with E-state index in [1.165, 1.54) is 11.8 Å². The lowest BCUT2D eigenvalue weighted by Crippen LogP contribution is -2.44. The molecule has 18 heavy (non-hydrogen) atoms. The highest BCUT2D eigenvalue weighted by atomic mass is 32.2. The number of hydrogen-bond acceptors (Lipinski definition) is 6. The molecule has 1 unspecified atom stereocenters. The Bertz CT molecular complexity index is 417. The van der Waals surface area contributed by atoms with Crippen molar-refractivity contribution in [2.75, 3.05) is 30.5 Å². The van der Waals surface area contributed by atoms with E-state index in [0.29, 0.717) is 11.0 Å². The molecule has 1 aromatic heterocycles. The summed E-state index contributed by atoms with van der Waals surface area (Å²) in [6, 6.07) is 1.61. The monoisotopic (exact) mass is 267 g/mol. The molecule has 2 rings (SSSR count). The third kappa shape index (κ3) is 3.04. The zero-order chi connectivity index (χ0) is 13.0. The van der Waals surface area contributed by atoms with E-state index in [1.807, 2.05) is 19.4 Å². The van der Waals surface area contributed by atoms with Crippen LogP contribution in [-0.2, 0) is 4.79 Å². The minimum Gasteiger partial charge on any atom is -0.373 e. The number of hydrogen-bond donors (Lipinski definition) is 3. The topological polar surface area (TPSA) is 78.9 Å². The molecule has 7 heteroatoms. The molecule has 0 aromatic carbocycles. The maximum absolute atomic E-state index is 11.7. The summed E-state index contributed by atoms with van der Waals surface area (Å²) in [6.07, 6.45) is 3.74. The van der Waals surface area contributed by atoms with Gasteiger partial charge in [0.1, 0.15) is 17.7 Å². The molecular weight excluding hydrogens is 250 g/mol. The maximum Gasteiger partial charge on any atom is 0.242 e. The van der Waals surface area contributed by atoms with Gasteiger partial charge in [-0.2, -0.15) is 0 Å². The summed E-state index contributed by atoms with van der Waals surface area (Å²) in [5.74, 6) is 1.46. The highest BCUT2D eigenvalue weighted by Crippen LogP contribution is 2.18. The highest BCUT2D eigenvalue weighted by Gasteiger charge is 2.22. The van der Waals surface area contributed by atoms with Crippen molar-refractivity contribution in [2.45, 2.75) is 24.0 Å². The number of thioether (sulfide) groups is 1. The van der Waals surface area contributed by atoms with Gasteiger partial charge in [-0.15, -0.1) is 0 Å². The number of nitrogens with zero attached hydrogens (tertiary/aromatic N) is 2. The van der Waals surface area contributed by atoms with E-state index < -0.39 is 0 Å². The van der Waals surface area contributed by atoms with Crippen molar-refractivity contribution in [3.63, 3.8) is 0 Å². The first-order valence-corrected chi connectivity index (χ1v) is 7.10. The molecule has 0 aliphatic carbocycles. The van der Waals surface area contributed by atoms with Gasteiger partial charge in [0.05, 0.1) is 0 Å². The molecule has 1 aliphatic heterocycles. The fourth-order valence-electron chi connectivity index (χ4n) is 1.81. The second-order valence-electron chi connectivity index (χ2n) is 4.01. The molecule has 3 N–H and O–H groups in total. The molecular formula is C11H17N5OS. The fraction of sp³-hybridized carbons (Fsp3) is 0.545. The fourth-order valence-corrected chi connectivity index (χ4v) is 2.19. The van der Waals surface area contributed by atoms with Crippen molar-refractivity contribution in [1.82, 2.24) is 15.3 Å². The first kappa shape index (κ1) is 12.9. The van der Waals surface area contributed by atoms with Gasteiger partial charge in [0.15, 0.2) is 5.16 Å². The van der Waals surface area contributed by atoms with Crippen molar-refractivity contribution in [1.29, 1.82) is 0 Å². The van der Waals surface area contributed by atoms with Gasteiger partial charge >= 0.3 is 0 Å². The van der Waals surface area contributed by atoms with Gasteiger partial charge < -0.3 is 16.0 Å². The van der Waals surface area contributed by atoms with Crippen LogP contribution < -0.4 is 16.0 Å². The van der Waals surface area contributed by atoms with E-state index in [-0.39, 0.29) is 11.9 Å². The molecule has 0 radical (unpaired) electrons. The van der Waals surface area contributed by atoms with Gasteiger partial charge in [-0.25, -0.2) is 9.97 Å². The third-order valence-corrected chi connectivity index (χ3v) is 3.30. The second-order valence-corrected chi connectivity index (χ2v) is 4.78. The van der Waals surface area contributed by atoms with Gasteiger partial charge in [0.2, 0.25) is 5.91 Å². The minimum absolute atomic E-state index is 0.0385. The Balaban J connectivity index is 2.14. The number of rotatable bonds is 4. The van der Waals surface area contributed by atoms with Crippen LogP contribution >= 0.6 is 11.8 Å². The zero-order valence-corrected chi connectivity index (χ0v) is 11.3. The standard InChI is InChI=1S/C11H17N5OS/c1-12-8-6-9(16-11(15-8)18-2)14-7-4-3-5-13-10(7)17/h6-7H,3-5H2,1-2H3,(H,13,17)(H2,12,14,15,16). The molecule has 0 bridgehead atoms. The lowest BCUT2D eigenvalue weighted by Gasteiger charge is -2.23. The molecule has 1 aliphatic rings. The summed E-state index contributed by atoms with van der Waals surface area (Å²) < 4.78 is 0. The van der Waals surface area contributed by atoms with Crippen molar-refractivity contribution in [2.24, 2.45) is 0 Å². The average molecular weight is 267 g/mol. The Hall–Kier alpha value is -1.50. The van der Waals surface area contributed by atoms with E-state index in [0.717, 1.165) is 25.2 Å². The average Bonchev–Trinajstić information content (AvgIpc) is 2.41. The molecule has 1 aromatic rings. The van der Waals surface area contributed by atoms with Crippen LogP contribution in [0.1, 0.15) is 12.8 Å². The number of amides is 1. The minimum atomic E-state index is -0.201. The van der Waals surface area contributed by atoms with Crippen molar-refractivity contribution < 1.29 is 4.79 Å². The molecule has 2 heterocycles. The van der Waals surface area contributed by atoms with Crippen molar-refractivity contribution in [3.8, 4) is 0 Å². The number of piperidine rings is 1. The smallest absolute Gasteiger partial charge is 0.242 e. The van der Waals surface area contributed by atoms with Crippen LogP contribution in [0, 0.1) is 0 Å². The number of carbonyl (C=O) groups is 1. The Kier molecular flexibility index (Phi) is 4.24. The van der Waals surface area contributed by atoms with Gasteiger partial charge in [0, 0.05) is 19.7 Å². The molecule has 1 amide bonds. The van der Waals surface area contributed by atoms with E-state index >= 15 is 0 Å². The number of nitrogens with one attached hydrogen (secondary N) is 3. The zero-order valence-electron chi connectivity index (χ0n) is 10.5. The van der Waals surface area contributed by atoms with E-state index in [1.54, 1.807) is 0 Å². The Morgan fingerprint density at radius 2 is 2.22 bits per heavy atom. The molecule has 0 saturated carbocycles. The summed E-state index contributed by atoms with van der Waals surface area (Å²) in [7, 11) is 1.81. The van der Waals surface area contributed by atoms with E-state index in [4.69, 9.17) is 0 Å². The lowest BCUT2D eigenvalue weighted by molar-refractivity contribution is -0.123. The summed E-state index contributed by atoms with van der Waals surface area (Å²) in [4.78, 5) is 20.3. The largest absolute Gasteiger partial charge is 0.373 e. The van der Waals surface area contributed by atoms with Crippen LogP contribution in [-0.4, -0.2) is 41.8 Å². The van der Waals surface area contributed by atoms with Crippen LogP contribution in [0.3, 0.4) is 0 Å². The first-order chi connectivity index (χ1) is 8.72. The predicted molar refractivity (Wildman–Crippen MR) is 73.0 cm³/mol. The number of anilines is 2. The molecule has 0 spiro atoms. The van der Waals surface area contributed by atoms with Crippen LogP contribution in [0.15, 0.2) is 11.2 Å². The third-order valence-electron chi connectivity index (χ3n) is 2.75. The van der Waals surface area contributed by atoms with Crippen LogP contribution in [0.4, 0.5) is 11.6 Å². The Labute approximate surface area is 110 Å². The van der Waals surface area contributed by atoms with Crippen LogP contribution in [0.2, 0.25) is 0 Å². The van der Waals surface area contributed by atoms with Gasteiger partial charge in [-0.1, -0.05) is 11.8 Å². The van der Waals surface area contributed by atoms with Crippen molar-refractivity contribution in [3.05, 3.63) is 6.07 Å². The van der Waals surface area contributed by atoms with Crippen LogP contribution in [0.25, 0.3) is 0 Å². The van der Waals surface area contributed by atoms with Crippen LogP contribution in [0.5, 0.6) is 0 Å². The SMILES string of the molecule is CNc1cc(NC2CCCNC2=O)nc(SC)n1. The Morgan fingerprint density at radius 3 is 2.89 bits per heavy atom. The number of aromatic nitrogens is 2. The summed E-state index contributed by atoms with van der Waals surface area (Å²) in [5, 5.41) is 9.67. The predicted octanol–water partition coefficient (Wildman–Crippen LogP) is 0.931. The lowest BCUT2D eigenvalue weighted by atomic mass is 10.1. The molecule has 98 valence electrons. The summed E-state index contributed by atoms with van der Waals surface area (Å²) in [6.45, 7) is 0.763. The summed E-state index contributed by atoms with van der Waals surface area (Å²) in [5.41, 5.74) is 0. The number of carbonyl (C=O) groups excluding carboxylic acids is 1. The molecule has 1 atom stereocenters. The van der Waals surface area contributed by atoms with Gasteiger partial charge in [-0.3, -0.25) is 4.79 Å². The van der Waals surface area contributed by atoms with E-state index in [2.05, 4.69) is 25.9 Å². The van der Waals surface area contributed by atoms with Gasteiger partial charge in [-0.05, 0) is 19.1 Å². The Morgan fingerprint density at radius 1 is 1.44 bits per heavy atom. The summed E-state index contributed by atoms with van der Waals surface area (Å²) >= 11 is 1.47. The molecule has 1 fully saturated rings. The van der Waals surface area contributed by atoms with Crippen molar-refractivity contribution >= 4 is 29.3 Å². The highest BCUT2D eigenvalue weighted by molar-refractivity contribution is 7.98. The maximum atomic E-state index is 11.7. The van der Waals surface area contributed by atoms with E-state index in [9.17, 15) is 4.79 Å². The second kappa shape index (κ2) is 5.90. The molecule has 6 nitrogen and oxygen atoms in total. The first-order valence-electron chi connectivity index (χ1n) is 5.88. The van der Waals surface area contributed by atoms with Gasteiger partial charge in [0.25, 0.3) is 0 Å².